The summed E-state index contributed by atoms with van der Waals surface area (Å²) in [6.07, 6.45) is 0. The van der Waals surface area contributed by atoms with E-state index in [4.69, 9.17) is 9.47 Å². The van der Waals surface area contributed by atoms with E-state index in [-0.39, 0.29) is 17.3 Å². The van der Waals surface area contributed by atoms with Gasteiger partial charge in [0.05, 0.1) is 17.7 Å². The van der Waals surface area contributed by atoms with Gasteiger partial charge in [0.15, 0.2) is 12.4 Å². The third-order valence-corrected chi connectivity index (χ3v) is 3.46. The lowest BCUT2D eigenvalue weighted by Crippen LogP contribution is -2.21. The highest BCUT2D eigenvalue weighted by atomic mass is 16.6. The zero-order valence-corrected chi connectivity index (χ0v) is 15.1. The molecule has 2 rings (SSSR count). The first kappa shape index (κ1) is 19.7. The van der Waals surface area contributed by atoms with Gasteiger partial charge in [-0.25, -0.2) is 0 Å². The van der Waals surface area contributed by atoms with Gasteiger partial charge in [0, 0.05) is 18.7 Å². The van der Waals surface area contributed by atoms with Crippen LogP contribution in [0.5, 0.6) is 11.5 Å². The van der Waals surface area contributed by atoms with Crippen molar-refractivity contribution in [2.45, 2.75) is 13.8 Å². The highest BCUT2D eigenvalue weighted by Crippen LogP contribution is 2.29. The van der Waals surface area contributed by atoms with Crippen LogP contribution in [0.3, 0.4) is 0 Å². The molecule has 0 heterocycles. The first-order chi connectivity index (χ1) is 12.8. The summed E-state index contributed by atoms with van der Waals surface area (Å²) >= 11 is 0. The van der Waals surface area contributed by atoms with Gasteiger partial charge in [0.1, 0.15) is 5.75 Å². The number of nitrogens with zero attached hydrogens (tertiary/aromatic N) is 1. The van der Waals surface area contributed by atoms with Crippen LogP contribution in [0, 0.1) is 17.0 Å². The van der Waals surface area contributed by atoms with Gasteiger partial charge in [0.25, 0.3) is 5.91 Å². The van der Waals surface area contributed by atoms with Crippen LogP contribution in [0.2, 0.25) is 0 Å². The van der Waals surface area contributed by atoms with Gasteiger partial charge in [-0.15, -0.1) is 0 Å². The van der Waals surface area contributed by atoms with Crippen LogP contribution in [-0.2, 0) is 9.59 Å². The highest BCUT2D eigenvalue weighted by molar-refractivity contribution is 5.95. The maximum absolute atomic E-state index is 12.2. The molecule has 2 amide bonds. The third-order valence-electron chi connectivity index (χ3n) is 3.46. The van der Waals surface area contributed by atoms with Crippen LogP contribution in [0.25, 0.3) is 0 Å². The molecule has 0 saturated carbocycles. The van der Waals surface area contributed by atoms with E-state index in [9.17, 15) is 19.7 Å². The number of nitrogens with one attached hydrogen (secondary N) is 2. The Morgan fingerprint density at radius 1 is 1.11 bits per heavy atom. The Bertz CT molecular complexity index is 881. The summed E-state index contributed by atoms with van der Waals surface area (Å²) in [5.74, 6) is -0.398. The minimum absolute atomic E-state index is 0.00844. The van der Waals surface area contributed by atoms with Crippen molar-refractivity contribution in [3.05, 3.63) is 52.1 Å². The van der Waals surface area contributed by atoms with Gasteiger partial charge < -0.3 is 20.1 Å². The Morgan fingerprint density at radius 3 is 2.48 bits per heavy atom. The first-order valence-electron chi connectivity index (χ1n) is 7.93. The minimum Gasteiger partial charge on any atom is -0.495 e. The molecular formula is C18H19N3O6. The molecule has 0 aliphatic carbocycles. The third kappa shape index (κ3) is 5.43. The number of hydrogen-bond donors (Lipinski definition) is 2. The van der Waals surface area contributed by atoms with E-state index in [0.717, 1.165) is 5.56 Å². The van der Waals surface area contributed by atoms with Crippen LogP contribution < -0.4 is 20.1 Å². The van der Waals surface area contributed by atoms with Gasteiger partial charge in [0.2, 0.25) is 5.91 Å². The van der Waals surface area contributed by atoms with E-state index in [1.54, 1.807) is 25.1 Å². The molecule has 0 unspecified atom stereocenters. The number of anilines is 2. The Balaban J connectivity index is 2.11. The van der Waals surface area contributed by atoms with E-state index < -0.39 is 17.4 Å². The fraction of sp³-hybridized carbons (Fsp3) is 0.222. The Labute approximate surface area is 155 Å². The quantitative estimate of drug-likeness (QED) is 0.569. The van der Waals surface area contributed by atoms with Crippen molar-refractivity contribution in [2.75, 3.05) is 24.4 Å². The fourth-order valence-electron chi connectivity index (χ4n) is 2.30. The largest absolute Gasteiger partial charge is 0.495 e. The number of amides is 2. The molecule has 9 nitrogen and oxygen atoms in total. The van der Waals surface area contributed by atoms with Crippen molar-refractivity contribution in [1.82, 2.24) is 0 Å². The lowest BCUT2D eigenvalue weighted by atomic mass is 10.2. The molecule has 142 valence electrons. The SMILES string of the molecule is COc1ccc(NC(C)=O)cc1NC(=O)COc1cc(C)ccc1[N+](=O)[O-]. The Kier molecular flexibility index (Phi) is 6.32. The maximum atomic E-state index is 12.2. The average Bonchev–Trinajstić information content (AvgIpc) is 2.59. The second-order valence-electron chi connectivity index (χ2n) is 5.66. The average molecular weight is 373 g/mol. The van der Waals surface area contributed by atoms with Crippen molar-refractivity contribution >= 4 is 28.9 Å². The van der Waals surface area contributed by atoms with Gasteiger partial charge in [-0.1, -0.05) is 6.07 Å². The van der Waals surface area contributed by atoms with Crippen LogP contribution in [0.1, 0.15) is 12.5 Å². The molecule has 2 aromatic rings. The number of nitro benzene ring substituents is 1. The molecule has 0 saturated heterocycles. The summed E-state index contributed by atoms with van der Waals surface area (Å²) in [6.45, 7) is 2.69. The number of rotatable bonds is 7. The lowest BCUT2D eigenvalue weighted by Gasteiger charge is -2.13. The predicted octanol–water partition coefficient (Wildman–Crippen LogP) is 2.89. The standard InChI is InChI=1S/C18H19N3O6/c1-11-4-6-15(21(24)25)17(8-11)27-10-18(23)20-14-9-13(19-12(2)22)5-7-16(14)26-3/h4-9H,10H2,1-3H3,(H,19,22)(H,20,23). The molecule has 9 heteroatoms. The molecule has 2 aromatic carbocycles. The molecule has 0 atom stereocenters. The molecule has 0 bridgehead atoms. The zero-order chi connectivity index (χ0) is 20.0. The predicted molar refractivity (Wildman–Crippen MR) is 99.3 cm³/mol. The molecular weight excluding hydrogens is 354 g/mol. The number of carbonyl (C=O) groups is 2. The van der Waals surface area contributed by atoms with Crippen LogP contribution >= 0.6 is 0 Å². The van der Waals surface area contributed by atoms with Crippen molar-refractivity contribution in [3.63, 3.8) is 0 Å². The van der Waals surface area contributed by atoms with E-state index in [2.05, 4.69) is 10.6 Å². The summed E-state index contributed by atoms with van der Waals surface area (Å²) in [5, 5.41) is 16.3. The smallest absolute Gasteiger partial charge is 0.310 e. The van der Waals surface area contributed by atoms with Crippen molar-refractivity contribution in [3.8, 4) is 11.5 Å². The Morgan fingerprint density at radius 2 is 1.85 bits per heavy atom. The second kappa shape index (κ2) is 8.65. The molecule has 2 N–H and O–H groups in total. The molecule has 27 heavy (non-hydrogen) atoms. The van der Waals surface area contributed by atoms with Crippen LogP contribution in [0.15, 0.2) is 36.4 Å². The summed E-state index contributed by atoms with van der Waals surface area (Å²) in [6, 6.07) is 9.15. The maximum Gasteiger partial charge on any atom is 0.310 e. The normalized spacial score (nSPS) is 10.0. The summed E-state index contributed by atoms with van der Waals surface area (Å²) in [4.78, 5) is 33.8. The van der Waals surface area contributed by atoms with E-state index in [0.29, 0.717) is 17.1 Å². The number of aryl methyl sites for hydroxylation is 1. The number of ether oxygens (including phenoxy) is 2. The fourth-order valence-corrected chi connectivity index (χ4v) is 2.30. The lowest BCUT2D eigenvalue weighted by molar-refractivity contribution is -0.385. The number of nitro groups is 1. The van der Waals surface area contributed by atoms with Crippen molar-refractivity contribution in [2.24, 2.45) is 0 Å². The summed E-state index contributed by atoms with van der Waals surface area (Å²) in [7, 11) is 1.44. The van der Waals surface area contributed by atoms with Crippen LogP contribution in [0.4, 0.5) is 17.1 Å². The minimum atomic E-state index is -0.577. The number of methoxy groups -OCH3 is 1. The zero-order valence-electron chi connectivity index (χ0n) is 15.1. The molecule has 0 aromatic heterocycles. The number of carbonyl (C=O) groups excluding carboxylic acids is 2. The van der Waals surface area contributed by atoms with Crippen molar-refractivity contribution in [1.29, 1.82) is 0 Å². The molecule has 0 fully saturated rings. The monoisotopic (exact) mass is 373 g/mol. The first-order valence-corrected chi connectivity index (χ1v) is 7.93. The molecule has 0 aliphatic heterocycles. The second-order valence-corrected chi connectivity index (χ2v) is 5.66. The van der Waals surface area contributed by atoms with Gasteiger partial charge in [-0.05, 0) is 36.8 Å². The van der Waals surface area contributed by atoms with E-state index in [1.165, 1.54) is 32.2 Å². The molecule has 0 aliphatic rings. The van der Waals surface area contributed by atoms with Gasteiger partial charge in [-0.2, -0.15) is 0 Å². The van der Waals surface area contributed by atoms with Crippen LogP contribution in [-0.4, -0.2) is 30.5 Å². The summed E-state index contributed by atoms with van der Waals surface area (Å²) < 4.78 is 10.5. The highest BCUT2D eigenvalue weighted by Gasteiger charge is 2.17. The van der Waals surface area contributed by atoms with Crippen molar-refractivity contribution < 1.29 is 24.0 Å². The van der Waals surface area contributed by atoms with Gasteiger partial charge >= 0.3 is 5.69 Å². The number of hydrogen-bond acceptors (Lipinski definition) is 6. The Hall–Kier alpha value is -3.62. The van der Waals surface area contributed by atoms with E-state index in [1.807, 2.05) is 0 Å². The van der Waals surface area contributed by atoms with Gasteiger partial charge in [-0.3, -0.25) is 19.7 Å². The molecule has 0 spiro atoms. The summed E-state index contributed by atoms with van der Waals surface area (Å²) in [5.41, 5.74) is 1.35. The molecule has 0 radical (unpaired) electrons. The number of benzene rings is 2. The topological polar surface area (TPSA) is 120 Å². The van der Waals surface area contributed by atoms with E-state index >= 15 is 0 Å².